The highest BCUT2D eigenvalue weighted by atomic mass is 16.5. The molecule has 0 aliphatic carbocycles. The lowest BCUT2D eigenvalue weighted by molar-refractivity contribution is -0.144. The predicted molar refractivity (Wildman–Crippen MR) is 133 cm³/mol. The summed E-state index contributed by atoms with van der Waals surface area (Å²) in [6.45, 7) is 11.4. The van der Waals surface area contributed by atoms with Crippen LogP contribution < -0.4 is 15.4 Å². The minimum atomic E-state index is -1.02. The average Bonchev–Trinajstić information content (AvgIpc) is 2.82. The maximum absolute atomic E-state index is 13.1. The van der Waals surface area contributed by atoms with Crippen molar-refractivity contribution in [1.29, 1.82) is 0 Å². The van der Waals surface area contributed by atoms with E-state index in [1.165, 1.54) is 27.6 Å². The molecule has 0 saturated heterocycles. The van der Waals surface area contributed by atoms with Crippen LogP contribution in [0.25, 0.3) is 0 Å². The van der Waals surface area contributed by atoms with E-state index in [0.717, 1.165) is 5.56 Å². The number of aliphatic imine (C=N–C) groups is 1. The van der Waals surface area contributed by atoms with Gasteiger partial charge in [0.2, 0.25) is 11.8 Å². The fourth-order valence-electron chi connectivity index (χ4n) is 3.01. The molecule has 1 aromatic carbocycles. The standard InChI is InChI=1S/C24H34BN3O6/c1-6-12-33-18-10-8-17(9-11-18)14-20(26-15-34-25)22(29)28-21(13-16(3)4)23(30)27-19(7-2)24(31)32-5/h6-11,15-16,19-21H,1-2,12-14,25H2,3-5H3,(H,27,30)(H,28,29)/t19-,20-,21-/m0/s1. The fourth-order valence-corrected chi connectivity index (χ4v) is 3.01. The summed E-state index contributed by atoms with van der Waals surface area (Å²) in [6, 6.07) is 4.53. The molecule has 1 rings (SSSR count). The first kappa shape index (κ1) is 28.5. The molecule has 2 amide bonds. The Kier molecular flexibility index (Phi) is 12.8. The van der Waals surface area contributed by atoms with E-state index in [9.17, 15) is 14.4 Å². The van der Waals surface area contributed by atoms with Gasteiger partial charge in [0.15, 0.2) is 6.40 Å². The molecule has 0 aliphatic rings. The molecule has 1 aromatic rings. The van der Waals surface area contributed by atoms with E-state index >= 15 is 0 Å². The van der Waals surface area contributed by atoms with Crippen LogP contribution in [0.5, 0.6) is 5.75 Å². The number of rotatable bonds is 15. The van der Waals surface area contributed by atoms with E-state index in [0.29, 0.717) is 18.8 Å². The second kappa shape index (κ2) is 15.3. The third-order valence-electron chi connectivity index (χ3n) is 4.70. The number of methoxy groups -OCH3 is 1. The topological polar surface area (TPSA) is 115 Å². The molecule has 2 N–H and O–H groups in total. The molecule has 0 saturated carbocycles. The zero-order valence-electron chi connectivity index (χ0n) is 20.3. The fraction of sp³-hybridized carbons (Fsp3) is 0.417. The van der Waals surface area contributed by atoms with Gasteiger partial charge in [-0.15, -0.1) is 6.58 Å². The van der Waals surface area contributed by atoms with E-state index < -0.39 is 35.9 Å². The van der Waals surface area contributed by atoms with E-state index in [1.807, 2.05) is 26.0 Å². The molecule has 184 valence electrons. The Morgan fingerprint density at radius 3 is 2.32 bits per heavy atom. The number of amides is 2. The molecule has 10 heteroatoms. The molecule has 0 unspecified atom stereocenters. The van der Waals surface area contributed by atoms with Crippen molar-refractivity contribution in [2.75, 3.05) is 13.7 Å². The van der Waals surface area contributed by atoms with Crippen molar-refractivity contribution in [2.24, 2.45) is 10.9 Å². The van der Waals surface area contributed by atoms with Crippen LogP contribution >= 0.6 is 0 Å². The lowest BCUT2D eigenvalue weighted by atomic mass is 10.0. The molecule has 0 bridgehead atoms. The van der Waals surface area contributed by atoms with Gasteiger partial charge in [-0.2, -0.15) is 0 Å². The van der Waals surface area contributed by atoms with Crippen LogP contribution in [-0.2, 0) is 30.2 Å². The zero-order chi connectivity index (χ0) is 25.5. The number of carbonyl (C=O) groups excluding carboxylic acids is 3. The summed E-state index contributed by atoms with van der Waals surface area (Å²) in [5.74, 6) is -0.840. The first-order valence-electron chi connectivity index (χ1n) is 10.9. The van der Waals surface area contributed by atoms with Gasteiger partial charge >= 0.3 is 14.0 Å². The Morgan fingerprint density at radius 1 is 1.12 bits per heavy atom. The first-order chi connectivity index (χ1) is 16.2. The number of nitrogens with zero attached hydrogens (tertiary/aromatic N) is 1. The number of nitrogens with one attached hydrogen (secondary N) is 2. The van der Waals surface area contributed by atoms with Gasteiger partial charge in [-0.25, -0.2) is 9.79 Å². The highest BCUT2D eigenvalue weighted by Crippen LogP contribution is 2.15. The Labute approximate surface area is 202 Å². The van der Waals surface area contributed by atoms with Crippen LogP contribution in [0.2, 0.25) is 0 Å². The van der Waals surface area contributed by atoms with Crippen molar-refractivity contribution >= 4 is 32.2 Å². The molecule has 3 atom stereocenters. The third-order valence-corrected chi connectivity index (χ3v) is 4.70. The molecule has 0 heterocycles. The third kappa shape index (κ3) is 9.93. The van der Waals surface area contributed by atoms with Gasteiger partial charge < -0.3 is 24.8 Å². The monoisotopic (exact) mass is 471 g/mol. The molecule has 0 radical (unpaired) electrons. The van der Waals surface area contributed by atoms with Crippen LogP contribution in [0.4, 0.5) is 0 Å². The second-order valence-electron chi connectivity index (χ2n) is 7.89. The average molecular weight is 471 g/mol. The normalized spacial score (nSPS) is 13.4. The lowest BCUT2D eigenvalue weighted by Gasteiger charge is -2.23. The van der Waals surface area contributed by atoms with E-state index in [1.54, 1.807) is 18.2 Å². The maximum Gasteiger partial charge on any atom is 0.332 e. The molecule has 0 aromatic heterocycles. The van der Waals surface area contributed by atoms with Crippen LogP contribution in [-0.4, -0.2) is 64.1 Å². The minimum Gasteiger partial charge on any atom is -0.560 e. The number of esters is 1. The quantitative estimate of drug-likeness (QED) is 0.130. The summed E-state index contributed by atoms with van der Waals surface area (Å²) in [7, 11) is 2.65. The molecule has 9 nitrogen and oxygen atoms in total. The van der Waals surface area contributed by atoms with Crippen LogP contribution in [0.15, 0.2) is 54.6 Å². The second-order valence-corrected chi connectivity index (χ2v) is 7.89. The maximum atomic E-state index is 13.1. The minimum absolute atomic E-state index is 0.0976. The van der Waals surface area contributed by atoms with Crippen molar-refractivity contribution in [1.82, 2.24) is 10.6 Å². The van der Waals surface area contributed by atoms with Crippen LogP contribution in [0.3, 0.4) is 0 Å². The number of benzene rings is 1. The summed E-state index contributed by atoms with van der Waals surface area (Å²) >= 11 is 0. The van der Waals surface area contributed by atoms with Gasteiger partial charge in [0.25, 0.3) is 0 Å². The van der Waals surface area contributed by atoms with Gasteiger partial charge in [-0.05, 0) is 30.0 Å². The Morgan fingerprint density at radius 2 is 1.79 bits per heavy atom. The lowest BCUT2D eigenvalue weighted by Crippen LogP contribution is -2.53. The summed E-state index contributed by atoms with van der Waals surface area (Å²) < 4.78 is 15.0. The largest absolute Gasteiger partial charge is 0.560 e. The number of carbonyl (C=O) groups is 3. The van der Waals surface area contributed by atoms with Crippen molar-refractivity contribution in [2.45, 2.75) is 44.8 Å². The molecular weight excluding hydrogens is 437 g/mol. The van der Waals surface area contributed by atoms with Gasteiger partial charge in [-0.3, -0.25) is 9.59 Å². The first-order valence-corrected chi connectivity index (χ1v) is 10.9. The Bertz CT molecular complexity index is 857. The zero-order valence-corrected chi connectivity index (χ0v) is 20.3. The number of hydrogen-bond acceptors (Lipinski definition) is 7. The van der Waals surface area contributed by atoms with Crippen molar-refractivity contribution < 1.29 is 28.5 Å². The predicted octanol–water partition coefficient (Wildman–Crippen LogP) is 1.13. The summed E-state index contributed by atoms with van der Waals surface area (Å²) in [6.07, 6.45) is 4.75. The number of hydrogen-bond donors (Lipinski definition) is 2. The Balaban J connectivity index is 2.99. The van der Waals surface area contributed by atoms with Crippen LogP contribution in [0.1, 0.15) is 25.8 Å². The molecule has 0 aliphatic heterocycles. The van der Waals surface area contributed by atoms with Crippen molar-refractivity contribution in [3.8, 4) is 5.75 Å². The van der Waals surface area contributed by atoms with Gasteiger partial charge in [0, 0.05) is 6.42 Å². The highest BCUT2D eigenvalue weighted by Gasteiger charge is 2.28. The smallest absolute Gasteiger partial charge is 0.332 e. The van der Waals surface area contributed by atoms with Gasteiger partial charge in [0.1, 0.15) is 30.5 Å². The summed E-state index contributed by atoms with van der Waals surface area (Å²) in [5.41, 5.74) is 0.849. The molecule has 0 fully saturated rings. The Hall–Kier alpha value is -3.56. The van der Waals surface area contributed by atoms with Gasteiger partial charge in [0.05, 0.1) is 7.11 Å². The molecular formula is C24H34BN3O6. The molecule has 0 spiro atoms. The highest BCUT2D eigenvalue weighted by molar-refractivity contribution is 6.02. The van der Waals surface area contributed by atoms with Crippen LogP contribution in [0, 0.1) is 5.92 Å². The SMILES string of the molecule is BOC=N[C@@H](Cc1ccc(OCC=C)cc1)C(=O)N[C@@H](CC(C)C)C(=O)N[C@@H](C=C)C(=O)OC. The van der Waals surface area contributed by atoms with Crippen molar-refractivity contribution in [3.05, 3.63) is 55.1 Å². The van der Waals surface area contributed by atoms with E-state index in [-0.39, 0.29) is 12.3 Å². The van der Waals surface area contributed by atoms with Gasteiger partial charge in [-0.1, -0.05) is 44.7 Å². The summed E-state index contributed by atoms with van der Waals surface area (Å²) in [4.78, 5) is 42.0. The summed E-state index contributed by atoms with van der Waals surface area (Å²) in [5, 5.41) is 5.31. The van der Waals surface area contributed by atoms with Crippen molar-refractivity contribution in [3.63, 3.8) is 0 Å². The number of ether oxygens (including phenoxy) is 2. The van der Waals surface area contributed by atoms with E-state index in [4.69, 9.17) is 9.39 Å². The van der Waals surface area contributed by atoms with E-state index in [2.05, 4.69) is 33.5 Å². The molecule has 34 heavy (non-hydrogen) atoms.